The molecule has 0 saturated carbocycles. The van der Waals surface area contributed by atoms with Crippen LogP contribution in [0, 0.1) is 17.0 Å². The van der Waals surface area contributed by atoms with Crippen molar-refractivity contribution in [1.29, 1.82) is 0 Å². The lowest BCUT2D eigenvalue weighted by molar-refractivity contribution is -0.387. The molecule has 0 heterocycles. The van der Waals surface area contributed by atoms with Gasteiger partial charge in [0.05, 0.1) is 9.82 Å². The average Bonchev–Trinajstić information content (AvgIpc) is 1.96. The maximum absolute atomic E-state index is 10.4. The summed E-state index contributed by atoms with van der Waals surface area (Å²) in [6.45, 7) is 1.78. The zero-order valence-electron chi connectivity index (χ0n) is 6.44. The number of nitro benzene ring substituents is 1. The molecule has 12 heavy (non-hydrogen) atoms. The summed E-state index contributed by atoms with van der Waals surface area (Å²) in [4.78, 5) is 10.2. The van der Waals surface area contributed by atoms with Crippen LogP contribution in [0.1, 0.15) is 5.56 Å². The Hall–Kier alpha value is -1.23. The predicted molar refractivity (Wildman–Crippen MR) is 49.5 cm³/mol. The van der Waals surface area contributed by atoms with Crippen molar-refractivity contribution in [2.24, 2.45) is 0 Å². The fraction of sp³-hybridized carbons (Fsp3) is 0.143. The molecule has 0 bridgehead atoms. The summed E-state index contributed by atoms with van der Waals surface area (Å²) in [5.41, 5.74) is 6.65. The molecule has 0 amide bonds. The summed E-state index contributed by atoms with van der Waals surface area (Å²) in [5, 5.41) is 10.4. The SMILES string of the molecule is Cc1cc(S)c([N+](=O)[O-])cc1N. The lowest BCUT2D eigenvalue weighted by Crippen LogP contribution is -1.95. The van der Waals surface area contributed by atoms with Crippen LogP contribution in [0.25, 0.3) is 0 Å². The number of anilines is 1. The fourth-order valence-electron chi connectivity index (χ4n) is 0.844. The lowest BCUT2D eigenvalue weighted by Gasteiger charge is -2.01. The quantitative estimate of drug-likeness (QED) is 0.302. The molecular weight excluding hydrogens is 176 g/mol. The Bertz CT molecular complexity index is 338. The van der Waals surface area contributed by atoms with E-state index in [0.29, 0.717) is 10.6 Å². The van der Waals surface area contributed by atoms with Crippen molar-refractivity contribution in [2.45, 2.75) is 11.8 Å². The molecule has 4 nitrogen and oxygen atoms in total. The Morgan fingerprint density at radius 1 is 1.58 bits per heavy atom. The second kappa shape index (κ2) is 3.02. The summed E-state index contributed by atoms with van der Waals surface area (Å²) < 4.78 is 0. The van der Waals surface area contributed by atoms with Crippen molar-refractivity contribution in [3.05, 3.63) is 27.8 Å². The number of hydrogen-bond acceptors (Lipinski definition) is 4. The number of nitrogens with zero attached hydrogens (tertiary/aromatic N) is 1. The maximum Gasteiger partial charge on any atom is 0.284 e. The van der Waals surface area contributed by atoms with Gasteiger partial charge in [-0.15, -0.1) is 12.6 Å². The minimum atomic E-state index is -0.502. The van der Waals surface area contributed by atoms with E-state index in [4.69, 9.17) is 5.73 Å². The highest BCUT2D eigenvalue weighted by molar-refractivity contribution is 7.80. The van der Waals surface area contributed by atoms with Gasteiger partial charge in [-0.25, -0.2) is 0 Å². The summed E-state index contributed by atoms with van der Waals surface area (Å²) in [7, 11) is 0. The molecule has 0 aliphatic rings. The maximum atomic E-state index is 10.4. The molecule has 0 aromatic heterocycles. The first-order valence-corrected chi connectivity index (χ1v) is 3.70. The van der Waals surface area contributed by atoms with Crippen LogP contribution in [0.15, 0.2) is 17.0 Å². The van der Waals surface area contributed by atoms with Gasteiger partial charge in [0.25, 0.3) is 5.69 Å². The van der Waals surface area contributed by atoms with Crippen LogP contribution < -0.4 is 5.73 Å². The van der Waals surface area contributed by atoms with Crippen LogP contribution >= 0.6 is 12.6 Å². The van der Waals surface area contributed by atoms with E-state index < -0.39 is 4.92 Å². The standard InChI is InChI=1S/C7H8N2O2S/c1-4-2-7(12)6(9(10)11)3-5(4)8/h2-3,12H,8H2,1H3. The van der Waals surface area contributed by atoms with E-state index in [1.807, 2.05) is 0 Å². The third-order valence-electron chi connectivity index (χ3n) is 1.56. The third-order valence-corrected chi connectivity index (χ3v) is 1.92. The zero-order valence-corrected chi connectivity index (χ0v) is 7.34. The first-order chi connectivity index (χ1) is 5.52. The van der Waals surface area contributed by atoms with E-state index in [2.05, 4.69) is 12.6 Å². The molecule has 5 heteroatoms. The number of nitro groups is 1. The van der Waals surface area contributed by atoms with Crippen LogP contribution in [-0.2, 0) is 0 Å². The Balaban J connectivity index is 3.33. The number of hydrogen-bond donors (Lipinski definition) is 2. The second-order valence-corrected chi connectivity index (χ2v) is 2.94. The van der Waals surface area contributed by atoms with Crippen molar-refractivity contribution in [1.82, 2.24) is 0 Å². The molecule has 1 aromatic carbocycles. The molecule has 0 radical (unpaired) electrons. The van der Waals surface area contributed by atoms with E-state index in [-0.39, 0.29) is 5.69 Å². The van der Waals surface area contributed by atoms with Crippen molar-refractivity contribution in [3.63, 3.8) is 0 Å². The topological polar surface area (TPSA) is 69.2 Å². The van der Waals surface area contributed by atoms with E-state index in [0.717, 1.165) is 5.56 Å². The van der Waals surface area contributed by atoms with Crippen molar-refractivity contribution >= 4 is 24.0 Å². The van der Waals surface area contributed by atoms with Gasteiger partial charge in [0.15, 0.2) is 0 Å². The van der Waals surface area contributed by atoms with E-state index in [1.165, 1.54) is 6.07 Å². The fourth-order valence-corrected chi connectivity index (χ4v) is 1.18. The van der Waals surface area contributed by atoms with Crippen LogP contribution in [0.2, 0.25) is 0 Å². The number of rotatable bonds is 1. The first kappa shape index (κ1) is 8.86. The first-order valence-electron chi connectivity index (χ1n) is 3.26. The molecular formula is C7H8N2O2S. The average molecular weight is 184 g/mol. The zero-order chi connectivity index (χ0) is 9.30. The molecule has 0 atom stereocenters. The molecule has 0 aliphatic carbocycles. The molecule has 0 unspecified atom stereocenters. The lowest BCUT2D eigenvalue weighted by atomic mass is 10.2. The molecule has 0 spiro atoms. The number of nitrogens with two attached hydrogens (primary N) is 1. The van der Waals surface area contributed by atoms with Crippen LogP contribution in [-0.4, -0.2) is 4.92 Å². The molecule has 1 aromatic rings. The molecule has 0 saturated heterocycles. The Morgan fingerprint density at radius 3 is 2.67 bits per heavy atom. The van der Waals surface area contributed by atoms with Crippen molar-refractivity contribution < 1.29 is 4.92 Å². The number of nitrogen functional groups attached to an aromatic ring is 1. The van der Waals surface area contributed by atoms with Gasteiger partial charge in [-0.05, 0) is 18.6 Å². The summed E-state index contributed by atoms with van der Waals surface area (Å²) in [6, 6.07) is 2.90. The van der Waals surface area contributed by atoms with Gasteiger partial charge in [-0.3, -0.25) is 10.1 Å². The van der Waals surface area contributed by atoms with Gasteiger partial charge in [0, 0.05) is 11.8 Å². The smallest absolute Gasteiger partial charge is 0.284 e. The van der Waals surface area contributed by atoms with Crippen molar-refractivity contribution in [3.8, 4) is 0 Å². The number of thiol groups is 1. The predicted octanol–water partition coefficient (Wildman–Crippen LogP) is 1.77. The van der Waals surface area contributed by atoms with Gasteiger partial charge < -0.3 is 5.73 Å². The number of aryl methyl sites for hydroxylation is 1. The molecule has 0 fully saturated rings. The van der Waals surface area contributed by atoms with Gasteiger partial charge in [-0.1, -0.05) is 0 Å². The van der Waals surface area contributed by atoms with E-state index >= 15 is 0 Å². The minimum Gasteiger partial charge on any atom is -0.398 e. The van der Waals surface area contributed by atoms with Crippen molar-refractivity contribution in [2.75, 3.05) is 5.73 Å². The van der Waals surface area contributed by atoms with E-state index in [1.54, 1.807) is 13.0 Å². The molecule has 64 valence electrons. The molecule has 0 aliphatic heterocycles. The summed E-state index contributed by atoms with van der Waals surface area (Å²) in [5.74, 6) is 0. The monoisotopic (exact) mass is 184 g/mol. The second-order valence-electron chi connectivity index (χ2n) is 2.45. The summed E-state index contributed by atoms with van der Waals surface area (Å²) >= 11 is 3.96. The Morgan fingerprint density at radius 2 is 2.17 bits per heavy atom. The highest BCUT2D eigenvalue weighted by atomic mass is 32.1. The molecule has 1 rings (SSSR count). The summed E-state index contributed by atoms with van der Waals surface area (Å²) in [6.07, 6.45) is 0. The normalized spacial score (nSPS) is 9.83. The largest absolute Gasteiger partial charge is 0.398 e. The van der Waals surface area contributed by atoms with Crippen LogP contribution in [0.5, 0.6) is 0 Å². The minimum absolute atomic E-state index is 0.0542. The van der Waals surface area contributed by atoms with Gasteiger partial charge in [0.1, 0.15) is 0 Å². The van der Waals surface area contributed by atoms with Crippen LogP contribution in [0.3, 0.4) is 0 Å². The Kier molecular flexibility index (Phi) is 2.23. The molecule has 2 N–H and O–H groups in total. The van der Waals surface area contributed by atoms with Gasteiger partial charge in [0.2, 0.25) is 0 Å². The third kappa shape index (κ3) is 1.50. The van der Waals surface area contributed by atoms with Crippen LogP contribution in [0.4, 0.5) is 11.4 Å². The number of benzene rings is 1. The Labute approximate surface area is 74.9 Å². The van der Waals surface area contributed by atoms with Gasteiger partial charge in [-0.2, -0.15) is 0 Å². The van der Waals surface area contributed by atoms with E-state index in [9.17, 15) is 10.1 Å². The van der Waals surface area contributed by atoms with Gasteiger partial charge >= 0.3 is 0 Å². The highest BCUT2D eigenvalue weighted by Gasteiger charge is 2.12. The highest BCUT2D eigenvalue weighted by Crippen LogP contribution is 2.27.